The van der Waals surface area contributed by atoms with E-state index in [9.17, 15) is 13.6 Å². The Morgan fingerprint density at radius 1 is 1.56 bits per heavy atom. The second-order valence-electron chi connectivity index (χ2n) is 3.86. The summed E-state index contributed by atoms with van der Waals surface area (Å²) in [7, 11) is 0. The zero-order valence-corrected chi connectivity index (χ0v) is 9.42. The van der Waals surface area contributed by atoms with E-state index >= 15 is 0 Å². The van der Waals surface area contributed by atoms with Gasteiger partial charge in [-0.1, -0.05) is 19.8 Å². The van der Waals surface area contributed by atoms with Crippen molar-refractivity contribution >= 4 is 6.09 Å². The Morgan fingerprint density at radius 2 is 2.31 bits per heavy atom. The number of carbonyl (C=O) groups excluding carboxylic acids is 1. The number of cyclic esters (lactones) is 1. The topological polar surface area (TPSA) is 29.5 Å². The van der Waals surface area contributed by atoms with Gasteiger partial charge in [-0.25, -0.2) is 4.79 Å². The van der Waals surface area contributed by atoms with Crippen LogP contribution in [-0.4, -0.2) is 30.2 Å². The summed E-state index contributed by atoms with van der Waals surface area (Å²) in [6, 6.07) is -0.231. The Morgan fingerprint density at radius 3 is 2.94 bits per heavy atom. The molecule has 1 aliphatic rings. The summed E-state index contributed by atoms with van der Waals surface area (Å²) >= 11 is 0. The summed E-state index contributed by atoms with van der Waals surface area (Å²) < 4.78 is 28.7. The summed E-state index contributed by atoms with van der Waals surface area (Å²) in [5.74, 6) is 0. The second-order valence-corrected chi connectivity index (χ2v) is 3.86. The molecule has 0 radical (unpaired) electrons. The predicted molar refractivity (Wildman–Crippen MR) is 56.3 cm³/mol. The summed E-state index contributed by atoms with van der Waals surface area (Å²) in [5, 5.41) is 0. The van der Waals surface area contributed by atoms with Gasteiger partial charge in [0.1, 0.15) is 6.61 Å². The van der Waals surface area contributed by atoms with Crippen molar-refractivity contribution in [3.8, 4) is 0 Å². The fourth-order valence-corrected chi connectivity index (χ4v) is 1.72. The molecule has 0 spiro atoms. The van der Waals surface area contributed by atoms with E-state index in [4.69, 9.17) is 4.74 Å². The molecule has 3 nitrogen and oxygen atoms in total. The number of carbonyl (C=O) groups is 1. The number of halogens is 2. The van der Waals surface area contributed by atoms with Gasteiger partial charge in [0.05, 0.1) is 6.04 Å². The highest BCUT2D eigenvalue weighted by Crippen LogP contribution is 2.18. The molecule has 1 unspecified atom stereocenters. The minimum atomic E-state index is -1.70. The summed E-state index contributed by atoms with van der Waals surface area (Å²) in [4.78, 5) is 12.9. The molecular weight excluding hydrogens is 216 g/mol. The maximum Gasteiger partial charge on any atom is 0.410 e. The van der Waals surface area contributed by atoms with Crippen molar-refractivity contribution in [1.82, 2.24) is 4.90 Å². The number of amides is 1. The Balaban J connectivity index is 2.42. The number of rotatable bonds is 6. The van der Waals surface area contributed by atoms with Crippen molar-refractivity contribution in [3.05, 3.63) is 12.2 Å². The second kappa shape index (κ2) is 6.45. The lowest BCUT2D eigenvalue weighted by Crippen LogP contribution is -2.34. The van der Waals surface area contributed by atoms with Gasteiger partial charge in [-0.05, 0) is 18.9 Å². The largest absolute Gasteiger partial charge is 0.447 e. The molecule has 16 heavy (non-hydrogen) atoms. The average molecular weight is 233 g/mol. The number of nitrogens with zero attached hydrogens (tertiary/aromatic N) is 1. The third kappa shape index (κ3) is 3.79. The van der Waals surface area contributed by atoms with Crippen LogP contribution in [-0.2, 0) is 4.74 Å². The SMILES string of the molecule is CCCCCN1C(=O)OCC1CC=C(F)F. The van der Waals surface area contributed by atoms with Gasteiger partial charge in [-0.2, -0.15) is 8.78 Å². The minimum Gasteiger partial charge on any atom is -0.447 e. The standard InChI is InChI=1S/C11H17F2NO2/c1-2-3-4-7-14-9(5-6-10(12)13)8-16-11(14)15/h6,9H,2-5,7-8H2,1H3. The maximum absolute atomic E-state index is 11.9. The quantitative estimate of drug-likeness (QED) is 0.659. The summed E-state index contributed by atoms with van der Waals surface area (Å²) in [5.41, 5.74) is 0. The average Bonchev–Trinajstić information content (AvgIpc) is 2.58. The highest BCUT2D eigenvalue weighted by Gasteiger charge is 2.31. The third-order valence-electron chi connectivity index (χ3n) is 2.62. The highest BCUT2D eigenvalue weighted by molar-refractivity contribution is 5.70. The van der Waals surface area contributed by atoms with E-state index in [-0.39, 0.29) is 25.2 Å². The summed E-state index contributed by atoms with van der Waals surface area (Å²) in [6.07, 6.45) is 1.92. The van der Waals surface area contributed by atoms with Gasteiger partial charge in [-0.15, -0.1) is 0 Å². The van der Waals surface area contributed by atoms with Crippen molar-refractivity contribution in [2.45, 2.75) is 38.6 Å². The normalized spacial score (nSPS) is 19.8. The molecular formula is C11H17F2NO2. The molecule has 0 aromatic carbocycles. The van der Waals surface area contributed by atoms with E-state index in [1.807, 2.05) is 0 Å². The fourth-order valence-electron chi connectivity index (χ4n) is 1.72. The lowest BCUT2D eigenvalue weighted by molar-refractivity contribution is 0.157. The van der Waals surface area contributed by atoms with Crippen LogP contribution in [0.5, 0.6) is 0 Å². The minimum absolute atomic E-state index is 0.167. The first kappa shape index (κ1) is 12.9. The van der Waals surface area contributed by atoms with Gasteiger partial charge in [0, 0.05) is 6.54 Å². The molecule has 92 valence electrons. The van der Waals surface area contributed by atoms with Crippen LogP contribution >= 0.6 is 0 Å². The molecule has 0 saturated carbocycles. The van der Waals surface area contributed by atoms with Crippen molar-refractivity contribution in [1.29, 1.82) is 0 Å². The van der Waals surface area contributed by atoms with Crippen LogP contribution in [0, 0.1) is 0 Å². The lowest BCUT2D eigenvalue weighted by Gasteiger charge is -2.19. The Hall–Kier alpha value is -1.13. The van der Waals surface area contributed by atoms with Crippen LogP contribution in [0.4, 0.5) is 13.6 Å². The molecule has 1 rings (SSSR count). The molecule has 0 aromatic rings. The van der Waals surface area contributed by atoms with Gasteiger partial charge in [0.2, 0.25) is 0 Å². The zero-order chi connectivity index (χ0) is 12.0. The van der Waals surface area contributed by atoms with Crippen molar-refractivity contribution in [2.24, 2.45) is 0 Å². The van der Waals surface area contributed by atoms with Crippen LogP contribution in [0.1, 0.15) is 32.6 Å². The van der Waals surface area contributed by atoms with Gasteiger partial charge in [0.25, 0.3) is 6.08 Å². The smallest absolute Gasteiger partial charge is 0.410 e. The monoisotopic (exact) mass is 233 g/mol. The molecule has 0 aromatic heterocycles. The predicted octanol–water partition coefficient (Wildman–Crippen LogP) is 3.17. The molecule has 1 amide bonds. The van der Waals surface area contributed by atoms with Gasteiger partial charge in [0.15, 0.2) is 0 Å². The Labute approximate surface area is 94.1 Å². The van der Waals surface area contributed by atoms with E-state index in [1.54, 1.807) is 4.90 Å². The number of hydrogen-bond donors (Lipinski definition) is 0. The van der Waals surface area contributed by atoms with E-state index < -0.39 is 6.08 Å². The highest BCUT2D eigenvalue weighted by atomic mass is 19.3. The van der Waals surface area contributed by atoms with Crippen LogP contribution in [0.3, 0.4) is 0 Å². The van der Waals surface area contributed by atoms with Gasteiger partial charge < -0.3 is 9.64 Å². The van der Waals surface area contributed by atoms with E-state index in [1.165, 1.54) is 0 Å². The van der Waals surface area contributed by atoms with Crippen molar-refractivity contribution < 1.29 is 18.3 Å². The van der Waals surface area contributed by atoms with Crippen LogP contribution in [0.2, 0.25) is 0 Å². The fraction of sp³-hybridized carbons (Fsp3) is 0.727. The number of hydrogen-bond acceptors (Lipinski definition) is 2. The first-order chi connectivity index (χ1) is 7.65. The lowest BCUT2D eigenvalue weighted by atomic mass is 10.2. The van der Waals surface area contributed by atoms with Crippen molar-refractivity contribution in [2.75, 3.05) is 13.2 Å². The zero-order valence-electron chi connectivity index (χ0n) is 9.42. The van der Waals surface area contributed by atoms with E-state index in [2.05, 4.69) is 6.92 Å². The van der Waals surface area contributed by atoms with Crippen LogP contribution in [0.25, 0.3) is 0 Å². The maximum atomic E-state index is 11.9. The molecule has 1 saturated heterocycles. The molecule has 0 aliphatic carbocycles. The summed E-state index contributed by atoms with van der Waals surface area (Å²) in [6.45, 7) is 2.88. The Bertz CT molecular complexity index is 265. The Kier molecular flexibility index (Phi) is 5.22. The van der Waals surface area contributed by atoms with Gasteiger partial charge >= 0.3 is 6.09 Å². The molecule has 0 N–H and O–H groups in total. The third-order valence-corrected chi connectivity index (χ3v) is 2.62. The molecule has 1 aliphatic heterocycles. The molecule has 5 heteroatoms. The first-order valence-corrected chi connectivity index (χ1v) is 5.59. The van der Waals surface area contributed by atoms with Gasteiger partial charge in [-0.3, -0.25) is 0 Å². The molecule has 0 bridgehead atoms. The number of ether oxygens (including phenoxy) is 1. The van der Waals surface area contributed by atoms with E-state index in [0.717, 1.165) is 25.3 Å². The molecule has 1 atom stereocenters. The van der Waals surface area contributed by atoms with Crippen LogP contribution in [0.15, 0.2) is 12.2 Å². The van der Waals surface area contributed by atoms with E-state index in [0.29, 0.717) is 6.54 Å². The molecule has 1 heterocycles. The molecule has 1 fully saturated rings. The first-order valence-electron chi connectivity index (χ1n) is 5.59. The van der Waals surface area contributed by atoms with Crippen LogP contribution < -0.4 is 0 Å². The van der Waals surface area contributed by atoms with Crippen molar-refractivity contribution in [3.63, 3.8) is 0 Å². The number of unbranched alkanes of at least 4 members (excludes halogenated alkanes) is 2.